The van der Waals surface area contributed by atoms with Crippen LogP contribution < -0.4 is 20.1 Å². The minimum Gasteiger partial charge on any atom is -0.486 e. The van der Waals surface area contributed by atoms with Crippen LogP contribution in [0.5, 0.6) is 11.5 Å². The van der Waals surface area contributed by atoms with Gasteiger partial charge in [-0.25, -0.2) is 9.18 Å². The van der Waals surface area contributed by atoms with E-state index in [2.05, 4.69) is 10.6 Å². The lowest BCUT2D eigenvalue weighted by molar-refractivity contribution is -0.135. The Morgan fingerprint density at radius 3 is 2.43 bits per heavy atom. The SMILES string of the molecule is O=C(Nc1ccc2c(c1)OCCO2)N1CCC(F)(C(=O)NCc2ccccc2)CC1. The van der Waals surface area contributed by atoms with E-state index in [1.54, 1.807) is 18.2 Å². The number of nitrogens with one attached hydrogen (secondary N) is 2. The third kappa shape index (κ3) is 4.48. The number of nitrogens with zero attached hydrogens (tertiary/aromatic N) is 1. The average Bonchev–Trinajstić information content (AvgIpc) is 2.78. The van der Waals surface area contributed by atoms with Crippen molar-refractivity contribution in [3.63, 3.8) is 0 Å². The zero-order valence-electron chi connectivity index (χ0n) is 16.5. The summed E-state index contributed by atoms with van der Waals surface area (Å²) in [4.78, 5) is 26.4. The lowest BCUT2D eigenvalue weighted by Crippen LogP contribution is -2.52. The lowest BCUT2D eigenvalue weighted by Gasteiger charge is -2.35. The minimum absolute atomic E-state index is 0.0395. The molecule has 0 unspecified atom stereocenters. The van der Waals surface area contributed by atoms with Crippen molar-refractivity contribution in [3.05, 3.63) is 54.1 Å². The van der Waals surface area contributed by atoms with Crippen LogP contribution in [0.2, 0.25) is 0 Å². The molecule has 2 heterocycles. The largest absolute Gasteiger partial charge is 0.486 e. The van der Waals surface area contributed by atoms with Gasteiger partial charge in [-0.2, -0.15) is 0 Å². The lowest BCUT2D eigenvalue weighted by atomic mass is 9.92. The summed E-state index contributed by atoms with van der Waals surface area (Å²) in [5.41, 5.74) is -0.490. The number of alkyl halides is 1. The van der Waals surface area contributed by atoms with Gasteiger partial charge in [0.15, 0.2) is 17.2 Å². The number of carbonyl (C=O) groups is 2. The summed E-state index contributed by atoms with van der Waals surface area (Å²) in [5, 5.41) is 5.46. The molecule has 2 aromatic carbocycles. The Labute approximate surface area is 174 Å². The highest BCUT2D eigenvalue weighted by Crippen LogP contribution is 2.33. The van der Waals surface area contributed by atoms with E-state index in [9.17, 15) is 9.59 Å². The van der Waals surface area contributed by atoms with E-state index in [1.807, 2.05) is 30.3 Å². The molecular weight excluding hydrogens is 389 g/mol. The van der Waals surface area contributed by atoms with Crippen molar-refractivity contribution in [1.82, 2.24) is 10.2 Å². The molecule has 2 aliphatic rings. The van der Waals surface area contributed by atoms with Gasteiger partial charge in [0.25, 0.3) is 5.91 Å². The number of ether oxygens (including phenoxy) is 2. The number of hydrogen-bond acceptors (Lipinski definition) is 4. The van der Waals surface area contributed by atoms with Crippen molar-refractivity contribution in [1.29, 1.82) is 0 Å². The molecule has 4 rings (SSSR count). The van der Waals surface area contributed by atoms with E-state index >= 15 is 4.39 Å². The first-order valence-electron chi connectivity index (χ1n) is 10.0. The topological polar surface area (TPSA) is 79.9 Å². The first-order chi connectivity index (χ1) is 14.5. The number of piperidine rings is 1. The van der Waals surface area contributed by atoms with E-state index < -0.39 is 11.6 Å². The molecule has 0 aromatic heterocycles. The van der Waals surface area contributed by atoms with E-state index in [0.717, 1.165) is 5.56 Å². The molecule has 2 N–H and O–H groups in total. The minimum atomic E-state index is -1.97. The van der Waals surface area contributed by atoms with Crippen LogP contribution in [0.25, 0.3) is 0 Å². The molecule has 3 amide bonds. The van der Waals surface area contributed by atoms with E-state index in [-0.39, 0.29) is 38.5 Å². The summed E-state index contributed by atoms with van der Waals surface area (Å²) in [6.07, 6.45) is -0.0790. The van der Waals surface area contributed by atoms with Crippen LogP contribution in [-0.4, -0.2) is 48.8 Å². The molecule has 0 spiro atoms. The summed E-state index contributed by atoms with van der Waals surface area (Å²) < 4.78 is 26.1. The van der Waals surface area contributed by atoms with Gasteiger partial charge < -0.3 is 25.0 Å². The first kappa shape index (κ1) is 20.0. The van der Waals surface area contributed by atoms with Crippen LogP contribution >= 0.6 is 0 Å². The molecule has 8 heteroatoms. The highest BCUT2D eigenvalue weighted by atomic mass is 19.1. The molecule has 30 heavy (non-hydrogen) atoms. The zero-order valence-corrected chi connectivity index (χ0v) is 16.5. The summed E-state index contributed by atoms with van der Waals surface area (Å²) >= 11 is 0. The third-order valence-corrected chi connectivity index (χ3v) is 5.34. The fourth-order valence-electron chi connectivity index (χ4n) is 3.55. The van der Waals surface area contributed by atoms with Crippen molar-refractivity contribution < 1.29 is 23.5 Å². The Morgan fingerprint density at radius 2 is 1.70 bits per heavy atom. The van der Waals surface area contributed by atoms with Gasteiger partial charge in [0, 0.05) is 44.2 Å². The molecule has 7 nitrogen and oxygen atoms in total. The molecule has 2 aromatic rings. The molecule has 1 saturated heterocycles. The van der Waals surface area contributed by atoms with Crippen molar-refractivity contribution in [2.24, 2.45) is 0 Å². The number of urea groups is 1. The van der Waals surface area contributed by atoms with E-state index in [0.29, 0.717) is 30.4 Å². The maximum absolute atomic E-state index is 15.1. The van der Waals surface area contributed by atoms with Crippen molar-refractivity contribution in [2.75, 3.05) is 31.6 Å². The maximum atomic E-state index is 15.1. The van der Waals surface area contributed by atoms with Crippen molar-refractivity contribution in [3.8, 4) is 11.5 Å². The van der Waals surface area contributed by atoms with Crippen LogP contribution in [0, 0.1) is 0 Å². The molecular formula is C22H24FN3O4. The number of carbonyl (C=O) groups excluding carboxylic acids is 2. The Kier molecular flexibility index (Phi) is 5.74. The smallest absolute Gasteiger partial charge is 0.321 e. The first-order valence-corrected chi connectivity index (χ1v) is 10.0. The number of rotatable bonds is 4. The second kappa shape index (κ2) is 8.61. The van der Waals surface area contributed by atoms with Gasteiger partial charge in [0.2, 0.25) is 0 Å². The van der Waals surface area contributed by atoms with Crippen LogP contribution in [0.15, 0.2) is 48.5 Å². The Morgan fingerprint density at radius 1 is 1.00 bits per heavy atom. The number of anilines is 1. The van der Waals surface area contributed by atoms with Crippen molar-refractivity contribution >= 4 is 17.6 Å². The Hall–Kier alpha value is -3.29. The number of benzene rings is 2. The van der Waals surface area contributed by atoms with Gasteiger partial charge in [0.05, 0.1) is 0 Å². The highest BCUT2D eigenvalue weighted by Gasteiger charge is 2.42. The number of likely N-dealkylation sites (tertiary alicyclic amines) is 1. The predicted octanol–water partition coefficient (Wildman–Crippen LogP) is 3.11. The molecule has 0 atom stereocenters. The zero-order chi connectivity index (χ0) is 21.0. The molecule has 0 radical (unpaired) electrons. The summed E-state index contributed by atoms with van der Waals surface area (Å²) in [6, 6.07) is 14.2. The summed E-state index contributed by atoms with van der Waals surface area (Å²) in [6.45, 7) is 1.55. The fourth-order valence-corrected chi connectivity index (χ4v) is 3.55. The van der Waals surface area contributed by atoms with Gasteiger partial charge in [-0.3, -0.25) is 4.79 Å². The van der Waals surface area contributed by atoms with Crippen LogP contribution in [-0.2, 0) is 11.3 Å². The number of amides is 3. The van der Waals surface area contributed by atoms with Gasteiger partial charge in [-0.05, 0) is 17.7 Å². The monoisotopic (exact) mass is 413 g/mol. The second-order valence-corrected chi connectivity index (χ2v) is 7.41. The van der Waals surface area contributed by atoms with Gasteiger partial charge in [-0.1, -0.05) is 30.3 Å². The molecule has 0 saturated carbocycles. The molecule has 0 bridgehead atoms. The Balaban J connectivity index is 1.29. The number of halogens is 1. The van der Waals surface area contributed by atoms with Crippen molar-refractivity contribution in [2.45, 2.75) is 25.1 Å². The second-order valence-electron chi connectivity index (χ2n) is 7.41. The third-order valence-electron chi connectivity index (χ3n) is 5.34. The van der Waals surface area contributed by atoms with Gasteiger partial charge in [-0.15, -0.1) is 0 Å². The summed E-state index contributed by atoms with van der Waals surface area (Å²) in [5.74, 6) is 0.592. The standard InChI is InChI=1S/C22H24FN3O4/c23-22(20(27)24-15-16-4-2-1-3-5-16)8-10-26(11-9-22)21(28)25-17-6-7-18-19(14-17)30-13-12-29-18/h1-7,14H,8-13,15H2,(H,24,27)(H,25,28). The molecule has 2 aliphatic heterocycles. The normalized spacial score (nSPS) is 17.2. The predicted molar refractivity (Wildman–Crippen MR) is 109 cm³/mol. The average molecular weight is 413 g/mol. The Bertz CT molecular complexity index is 914. The maximum Gasteiger partial charge on any atom is 0.321 e. The number of hydrogen-bond donors (Lipinski definition) is 2. The molecule has 158 valence electrons. The summed E-state index contributed by atoms with van der Waals surface area (Å²) in [7, 11) is 0. The van der Waals surface area contributed by atoms with E-state index in [4.69, 9.17) is 9.47 Å². The molecule has 1 fully saturated rings. The highest BCUT2D eigenvalue weighted by molar-refractivity contribution is 5.90. The fraction of sp³-hybridized carbons (Fsp3) is 0.364. The van der Waals surface area contributed by atoms with Crippen LogP contribution in [0.1, 0.15) is 18.4 Å². The quantitative estimate of drug-likeness (QED) is 0.807. The van der Waals surface area contributed by atoms with E-state index in [1.165, 1.54) is 4.90 Å². The molecule has 0 aliphatic carbocycles. The van der Waals surface area contributed by atoms with Gasteiger partial charge >= 0.3 is 6.03 Å². The number of fused-ring (bicyclic) bond motifs is 1. The van der Waals surface area contributed by atoms with Gasteiger partial charge in [0.1, 0.15) is 13.2 Å². The van der Waals surface area contributed by atoms with Crippen LogP contribution in [0.4, 0.5) is 14.9 Å². The van der Waals surface area contributed by atoms with Crippen LogP contribution in [0.3, 0.4) is 0 Å².